The van der Waals surface area contributed by atoms with E-state index in [1.165, 1.54) is 24.3 Å². The summed E-state index contributed by atoms with van der Waals surface area (Å²) in [5, 5.41) is 65.9. The van der Waals surface area contributed by atoms with Crippen LogP contribution in [0.4, 0.5) is 63.6 Å². The average molecular weight is 1290 g/mol. The Morgan fingerprint density at radius 1 is 0.400 bits per heavy atom. The number of phenols is 2. The summed E-state index contributed by atoms with van der Waals surface area (Å²) in [6, 6.07) is 12.3. The van der Waals surface area contributed by atoms with E-state index in [2.05, 4.69) is 71.6 Å². The van der Waals surface area contributed by atoms with Crippen LogP contribution in [0.1, 0.15) is 0 Å². The van der Waals surface area contributed by atoms with Crippen molar-refractivity contribution in [3.8, 4) is 23.5 Å². The largest absolute Gasteiger partial charge is 0.505 e. The van der Waals surface area contributed by atoms with Crippen molar-refractivity contribution in [1.29, 1.82) is 0 Å². The number of aromatic hydroxyl groups is 4. The second-order valence-corrected chi connectivity index (χ2v) is 25.4. The molecule has 0 amide bonds. The molecule has 0 aliphatic rings. The molecule has 42 heteroatoms. The molecule has 0 unspecified atom stereocenters. The summed E-state index contributed by atoms with van der Waals surface area (Å²) in [5.41, 5.74) is -3.47. The Bertz CT molecular complexity index is 5140. The maximum absolute atomic E-state index is 12.8. The van der Waals surface area contributed by atoms with Crippen LogP contribution < -0.4 is 21.3 Å². The van der Waals surface area contributed by atoms with E-state index in [4.69, 9.17) is 0 Å². The van der Waals surface area contributed by atoms with Crippen LogP contribution in [0.15, 0.2) is 141 Å². The summed E-state index contributed by atoms with van der Waals surface area (Å²) in [6.45, 7) is 0. The first-order valence-corrected chi connectivity index (χ1v) is 31.0. The highest BCUT2D eigenvalue weighted by Gasteiger charge is 2.30. The van der Waals surface area contributed by atoms with Crippen LogP contribution in [-0.2, 0) is 60.7 Å². The number of phenolic OH excluding ortho intramolecular Hbond substituents is 2. The summed E-state index contributed by atoms with van der Waals surface area (Å²) in [5.74, 6) is -4.27. The fraction of sp³-hybridized carbons (Fsp3) is 0.0233. The van der Waals surface area contributed by atoms with Gasteiger partial charge in [-0.15, -0.1) is 10.2 Å². The lowest BCUT2D eigenvalue weighted by atomic mass is 10.1. The quantitative estimate of drug-likeness (QED) is 0.0371. The Hall–Kier alpha value is -9.60. The van der Waals surface area contributed by atoms with Crippen LogP contribution in [0.5, 0.6) is 23.5 Å². The van der Waals surface area contributed by atoms with Crippen LogP contribution in [0.25, 0.3) is 32.3 Å². The third-order valence-electron chi connectivity index (χ3n) is 11.5. The van der Waals surface area contributed by atoms with Gasteiger partial charge >= 0.3 is 12.0 Å². The number of anilines is 8. The Balaban J connectivity index is 1.03. The molecule has 85 heavy (non-hydrogen) atoms. The summed E-state index contributed by atoms with van der Waals surface area (Å²) in [4.78, 5) is 17.2. The molecular formula is C43H32N14O22S6. The third-order valence-corrected chi connectivity index (χ3v) is 16.7. The van der Waals surface area contributed by atoms with Gasteiger partial charge in [0.05, 0.1) is 21.2 Å². The van der Waals surface area contributed by atoms with E-state index >= 15 is 0 Å². The molecule has 0 fully saturated rings. The predicted octanol–water partition coefficient (Wildman–Crippen LogP) is 5.92. The molecule has 0 bridgehead atoms. The topological polar surface area (TPSA) is 582 Å². The van der Waals surface area contributed by atoms with Crippen molar-refractivity contribution in [3.63, 3.8) is 0 Å². The number of hydrogen-bond donors (Lipinski definition) is 14. The first-order chi connectivity index (χ1) is 39.5. The number of hydrogen-bond acceptors (Lipinski definition) is 30. The molecule has 0 spiro atoms. The molecule has 0 saturated heterocycles. The lowest BCUT2D eigenvalue weighted by Crippen LogP contribution is -2.06. The molecule has 0 atom stereocenters. The zero-order chi connectivity index (χ0) is 62.1. The molecule has 0 radical (unpaired) electrons. The highest BCUT2D eigenvalue weighted by molar-refractivity contribution is 7.87. The van der Waals surface area contributed by atoms with Crippen molar-refractivity contribution in [3.05, 3.63) is 91.0 Å². The molecule has 0 aliphatic heterocycles. The van der Waals surface area contributed by atoms with Crippen LogP contribution in [0, 0.1) is 0 Å². The molecule has 2 heterocycles. The summed E-state index contributed by atoms with van der Waals surface area (Å²) >= 11 is 0. The van der Waals surface area contributed by atoms with Gasteiger partial charge in [0, 0.05) is 40.0 Å². The molecule has 442 valence electrons. The number of aromatic nitrogens is 6. The molecule has 9 aromatic rings. The van der Waals surface area contributed by atoms with Gasteiger partial charge in [-0.1, -0.05) is 18.2 Å². The van der Waals surface area contributed by atoms with Crippen molar-refractivity contribution >= 4 is 157 Å². The lowest BCUT2D eigenvalue weighted by Gasteiger charge is -2.15. The van der Waals surface area contributed by atoms with Crippen LogP contribution in [0.3, 0.4) is 0 Å². The number of benzene rings is 7. The maximum Gasteiger partial charge on any atom is 0.320 e. The second kappa shape index (κ2) is 21.5. The average Bonchev–Trinajstić information content (AvgIpc) is 1.01. The van der Waals surface area contributed by atoms with Gasteiger partial charge in [-0.25, -0.2) is 0 Å². The van der Waals surface area contributed by atoms with Crippen molar-refractivity contribution < 1.29 is 98.2 Å². The maximum atomic E-state index is 12.8. The van der Waals surface area contributed by atoms with E-state index in [0.717, 1.165) is 55.6 Å². The predicted molar refractivity (Wildman–Crippen MR) is 291 cm³/mol. The first-order valence-electron chi connectivity index (χ1n) is 22.4. The Morgan fingerprint density at radius 2 is 0.812 bits per heavy atom. The highest BCUT2D eigenvalue weighted by atomic mass is 32.2. The molecule has 14 N–H and O–H groups in total. The van der Waals surface area contributed by atoms with E-state index in [0.29, 0.717) is 18.2 Å². The minimum atomic E-state index is -5.52. The van der Waals surface area contributed by atoms with Crippen molar-refractivity contribution in [2.45, 2.75) is 29.4 Å². The smallest absolute Gasteiger partial charge is 0.320 e. The van der Waals surface area contributed by atoms with Crippen LogP contribution >= 0.6 is 0 Å². The number of azo groups is 2. The summed E-state index contributed by atoms with van der Waals surface area (Å²) in [7, 11) is -30.2. The summed E-state index contributed by atoms with van der Waals surface area (Å²) < 4.78 is 209. The van der Waals surface area contributed by atoms with Gasteiger partial charge in [-0.3, -0.25) is 27.3 Å². The van der Waals surface area contributed by atoms with E-state index in [9.17, 15) is 98.2 Å². The van der Waals surface area contributed by atoms with Crippen LogP contribution in [-0.4, -0.2) is 135 Å². The standard InChI is InChI=1S/C43H32N14O22S6/c1-44-56-33-29(83(71,72)73)13-17-11-21(80(62,63)64)15-26(31(17)35(33)58)47-40-49-38(51-42(60)53-40)45-19-5-7-20(8-6-19)46-39-50-41(54-43(61)52-39)48-27-16-22(81(65,66)67)12-18-14-30(84(74,75)76)34(36(59)32(18)27)57-55-25-10-9-23-24(37(25)85(77,78)79)3-2-4-28(23)82(68,69)70/h2-16,58-59H,1H3,(H,62,63,64)(H,65,66,67)(H,68,69,70)(H,71,72,73)(H,74,75,76)(H,77,78,79)(H3,45,47,49,51,53,60)(H3,46,48,50,52,54,61). The minimum absolute atomic E-state index is 0.152. The molecular weight excluding hydrogens is 1260 g/mol. The normalized spacial score (nSPS) is 12.8. The first kappa shape index (κ1) is 60.0. The zero-order valence-electron chi connectivity index (χ0n) is 41.5. The van der Waals surface area contributed by atoms with E-state index in [1.54, 1.807) is 0 Å². The van der Waals surface area contributed by atoms with Crippen molar-refractivity contribution in [1.82, 2.24) is 29.9 Å². The lowest BCUT2D eigenvalue weighted by molar-refractivity contribution is 0.429. The van der Waals surface area contributed by atoms with E-state index < -0.39 is 187 Å². The molecule has 0 saturated carbocycles. The molecule has 9 rings (SSSR count). The van der Waals surface area contributed by atoms with Gasteiger partial charge in [0.15, 0.2) is 11.5 Å². The fourth-order valence-corrected chi connectivity index (χ4v) is 12.1. The van der Waals surface area contributed by atoms with Crippen molar-refractivity contribution in [2.24, 2.45) is 20.5 Å². The third kappa shape index (κ3) is 12.7. The molecule has 36 nitrogen and oxygen atoms in total. The SMILES string of the molecule is CN=Nc1c(S(=O)(=O)O)cc2cc(S(=O)(=O)O)cc(Nc3nc(O)nc(Nc4ccc(Nc5nc(O)nc(Nc6cc(S(=O)(=O)O)cc7cc(S(=O)(=O)O)c(N=Nc8ccc9c(S(=O)(=O)O)cccc9c8S(=O)(=O)O)c(O)c67)n5)cc4)n3)c2c1O. The Labute approximate surface area is 474 Å². The number of rotatable bonds is 17. The zero-order valence-corrected chi connectivity index (χ0v) is 46.4. The molecule has 0 aliphatic carbocycles. The van der Waals surface area contributed by atoms with Gasteiger partial charge in [0.2, 0.25) is 23.8 Å². The monoisotopic (exact) mass is 1290 g/mol. The van der Waals surface area contributed by atoms with Gasteiger partial charge in [0.1, 0.15) is 36.6 Å². The van der Waals surface area contributed by atoms with Gasteiger partial charge in [-0.05, 0) is 83.6 Å². The fourth-order valence-electron chi connectivity index (χ4n) is 8.16. The summed E-state index contributed by atoms with van der Waals surface area (Å²) in [6.07, 6.45) is 0. The minimum Gasteiger partial charge on any atom is -0.505 e. The molecule has 7 aromatic carbocycles. The number of fused-ring (bicyclic) bond motifs is 3. The highest BCUT2D eigenvalue weighted by Crippen LogP contribution is 2.48. The van der Waals surface area contributed by atoms with E-state index in [-0.39, 0.29) is 22.1 Å². The van der Waals surface area contributed by atoms with Gasteiger partial charge in [0.25, 0.3) is 60.7 Å². The van der Waals surface area contributed by atoms with Gasteiger partial charge in [-0.2, -0.15) is 90.6 Å². The van der Waals surface area contributed by atoms with Crippen molar-refractivity contribution in [2.75, 3.05) is 28.3 Å². The molecule has 2 aromatic heterocycles. The van der Waals surface area contributed by atoms with E-state index in [1.807, 2.05) is 0 Å². The Morgan fingerprint density at radius 3 is 1.20 bits per heavy atom. The number of nitrogens with one attached hydrogen (secondary N) is 4. The number of nitrogens with zero attached hydrogens (tertiary/aromatic N) is 10. The Kier molecular flexibility index (Phi) is 15.2. The second-order valence-electron chi connectivity index (χ2n) is 17.0. The van der Waals surface area contributed by atoms with Crippen LogP contribution in [0.2, 0.25) is 0 Å². The van der Waals surface area contributed by atoms with Gasteiger partial charge < -0.3 is 41.7 Å².